The number of para-hydroxylation sites is 1. The van der Waals surface area contributed by atoms with Crippen LogP contribution in [0.15, 0.2) is 72.8 Å². The lowest BCUT2D eigenvalue weighted by Gasteiger charge is -2.32. The molecule has 1 atom stereocenters. The SMILES string of the molecule is CCN1CCCCCN(C(=O)c2c(F)cccc2F)[C@H](Cc2ccccc2)COc2ccccc2C1=O. The van der Waals surface area contributed by atoms with Crippen LogP contribution in [-0.2, 0) is 6.42 Å². The first-order valence-corrected chi connectivity index (χ1v) is 12.8. The minimum absolute atomic E-state index is 0.0626. The average molecular weight is 507 g/mol. The van der Waals surface area contributed by atoms with E-state index in [9.17, 15) is 18.4 Å². The minimum atomic E-state index is -0.887. The number of carbonyl (C=O) groups is 2. The zero-order valence-corrected chi connectivity index (χ0v) is 21.0. The van der Waals surface area contributed by atoms with E-state index >= 15 is 0 Å². The lowest BCUT2D eigenvalue weighted by atomic mass is 10.0. The van der Waals surface area contributed by atoms with Gasteiger partial charge in [-0.05, 0) is 62.4 Å². The number of halogens is 2. The van der Waals surface area contributed by atoms with Crippen molar-refractivity contribution in [3.63, 3.8) is 0 Å². The van der Waals surface area contributed by atoms with Crippen LogP contribution in [0.4, 0.5) is 8.78 Å². The van der Waals surface area contributed by atoms with Gasteiger partial charge >= 0.3 is 0 Å². The first-order valence-electron chi connectivity index (χ1n) is 12.8. The normalized spacial score (nSPS) is 17.2. The number of nitrogens with zero attached hydrogens (tertiary/aromatic N) is 2. The van der Waals surface area contributed by atoms with Crippen LogP contribution in [-0.4, -0.2) is 53.9 Å². The Bertz CT molecular complexity index is 1200. The van der Waals surface area contributed by atoms with Gasteiger partial charge < -0.3 is 14.5 Å². The summed E-state index contributed by atoms with van der Waals surface area (Å²) in [6, 6.07) is 19.6. The van der Waals surface area contributed by atoms with Gasteiger partial charge in [0.25, 0.3) is 11.8 Å². The molecule has 194 valence electrons. The van der Waals surface area contributed by atoms with E-state index in [4.69, 9.17) is 4.74 Å². The van der Waals surface area contributed by atoms with Gasteiger partial charge in [0.05, 0.1) is 11.6 Å². The molecule has 3 aromatic rings. The maximum Gasteiger partial charge on any atom is 0.260 e. The summed E-state index contributed by atoms with van der Waals surface area (Å²) in [6.07, 6.45) is 2.57. The Kier molecular flexibility index (Phi) is 8.88. The van der Waals surface area contributed by atoms with Gasteiger partial charge in [0, 0.05) is 19.6 Å². The van der Waals surface area contributed by atoms with E-state index in [1.54, 1.807) is 29.2 Å². The molecule has 0 unspecified atom stereocenters. The van der Waals surface area contributed by atoms with Crippen LogP contribution in [0.25, 0.3) is 0 Å². The fourth-order valence-electron chi connectivity index (χ4n) is 4.73. The van der Waals surface area contributed by atoms with E-state index in [2.05, 4.69) is 0 Å². The highest BCUT2D eigenvalue weighted by Crippen LogP contribution is 2.24. The lowest BCUT2D eigenvalue weighted by Crippen LogP contribution is -2.46. The maximum absolute atomic E-state index is 14.7. The van der Waals surface area contributed by atoms with E-state index in [-0.39, 0.29) is 12.5 Å². The molecule has 0 N–H and O–H groups in total. The molecule has 1 heterocycles. The van der Waals surface area contributed by atoms with Crippen molar-refractivity contribution in [2.75, 3.05) is 26.2 Å². The molecule has 5 nitrogen and oxygen atoms in total. The van der Waals surface area contributed by atoms with Crippen molar-refractivity contribution in [2.24, 2.45) is 0 Å². The molecule has 7 heteroatoms. The Labute approximate surface area is 216 Å². The Hall–Kier alpha value is -3.74. The van der Waals surface area contributed by atoms with E-state index in [0.717, 1.165) is 30.5 Å². The fourth-order valence-corrected chi connectivity index (χ4v) is 4.73. The number of carbonyl (C=O) groups excluding carboxylic acids is 2. The van der Waals surface area contributed by atoms with Crippen LogP contribution in [0, 0.1) is 11.6 Å². The molecule has 0 saturated carbocycles. The third kappa shape index (κ3) is 6.34. The first kappa shape index (κ1) is 26.3. The average Bonchev–Trinajstić information content (AvgIpc) is 2.92. The van der Waals surface area contributed by atoms with Crippen molar-refractivity contribution < 1.29 is 23.1 Å². The highest BCUT2D eigenvalue weighted by atomic mass is 19.1. The highest BCUT2D eigenvalue weighted by Gasteiger charge is 2.30. The summed E-state index contributed by atoms with van der Waals surface area (Å²) >= 11 is 0. The summed E-state index contributed by atoms with van der Waals surface area (Å²) in [5, 5.41) is 0. The van der Waals surface area contributed by atoms with Crippen LogP contribution >= 0.6 is 0 Å². The summed E-state index contributed by atoms with van der Waals surface area (Å²) in [7, 11) is 0. The molecule has 0 aromatic heterocycles. The van der Waals surface area contributed by atoms with Gasteiger partial charge in [0.15, 0.2) is 0 Å². The van der Waals surface area contributed by atoms with Crippen LogP contribution in [0.1, 0.15) is 52.5 Å². The Morgan fingerprint density at radius 1 is 0.892 bits per heavy atom. The quantitative estimate of drug-likeness (QED) is 0.453. The fraction of sp³-hybridized carbons (Fsp3) is 0.333. The standard InChI is InChI=1S/C30H32F2N2O3/c1-2-33-18-9-4-10-19-34(30(36)28-25(31)15-11-16-26(28)32)23(20-22-12-5-3-6-13-22)21-37-27-17-8-7-14-24(27)29(33)35/h3,5-8,11-17,23H,2,4,9-10,18-21H2,1H3/t23-/m1/s1. The van der Waals surface area contributed by atoms with E-state index in [0.29, 0.717) is 43.8 Å². The number of rotatable bonds is 4. The second-order valence-electron chi connectivity index (χ2n) is 9.19. The number of hydrogen-bond acceptors (Lipinski definition) is 3. The van der Waals surface area contributed by atoms with E-state index in [1.807, 2.05) is 37.3 Å². The Balaban J connectivity index is 1.73. The van der Waals surface area contributed by atoms with Crippen LogP contribution in [0.3, 0.4) is 0 Å². The van der Waals surface area contributed by atoms with E-state index in [1.165, 1.54) is 11.0 Å². The molecule has 0 saturated heterocycles. The van der Waals surface area contributed by atoms with Gasteiger partial charge in [-0.15, -0.1) is 0 Å². The van der Waals surface area contributed by atoms with Crippen LogP contribution < -0.4 is 4.74 Å². The number of ether oxygens (including phenoxy) is 1. The maximum atomic E-state index is 14.7. The Morgan fingerprint density at radius 3 is 2.30 bits per heavy atom. The molecule has 0 spiro atoms. The van der Waals surface area contributed by atoms with Crippen molar-refractivity contribution in [3.8, 4) is 5.75 Å². The monoisotopic (exact) mass is 506 g/mol. The molecule has 0 radical (unpaired) electrons. The zero-order chi connectivity index (χ0) is 26.2. The van der Waals surface area contributed by atoms with Gasteiger partial charge in [-0.2, -0.15) is 0 Å². The molecule has 1 aliphatic heterocycles. The van der Waals surface area contributed by atoms with Gasteiger partial charge in [0.1, 0.15) is 29.6 Å². The summed E-state index contributed by atoms with van der Waals surface area (Å²) in [4.78, 5) is 30.3. The van der Waals surface area contributed by atoms with Gasteiger partial charge in [-0.3, -0.25) is 9.59 Å². The molecule has 37 heavy (non-hydrogen) atoms. The summed E-state index contributed by atoms with van der Waals surface area (Å²) in [6.45, 7) is 3.47. The zero-order valence-electron chi connectivity index (χ0n) is 21.0. The molecule has 0 aliphatic carbocycles. The first-order chi connectivity index (χ1) is 18.0. The van der Waals surface area contributed by atoms with Gasteiger partial charge in [0.2, 0.25) is 0 Å². The van der Waals surface area contributed by atoms with Crippen molar-refractivity contribution in [1.82, 2.24) is 9.80 Å². The number of benzene rings is 3. The molecule has 0 fully saturated rings. The summed E-state index contributed by atoms with van der Waals surface area (Å²) < 4.78 is 35.5. The number of amides is 2. The summed E-state index contributed by atoms with van der Waals surface area (Å²) in [5.41, 5.74) is 0.867. The second-order valence-corrected chi connectivity index (χ2v) is 9.19. The number of hydrogen-bond donors (Lipinski definition) is 0. The van der Waals surface area contributed by atoms with Crippen molar-refractivity contribution in [3.05, 3.63) is 101 Å². The summed E-state index contributed by atoms with van der Waals surface area (Å²) in [5.74, 6) is -2.15. The van der Waals surface area contributed by atoms with Crippen molar-refractivity contribution >= 4 is 11.8 Å². The molecule has 0 bridgehead atoms. The molecular formula is C30H32F2N2O3. The topological polar surface area (TPSA) is 49.9 Å². The molecule has 3 aromatic carbocycles. The second kappa shape index (κ2) is 12.5. The largest absolute Gasteiger partial charge is 0.491 e. The third-order valence-corrected chi connectivity index (χ3v) is 6.74. The van der Waals surface area contributed by atoms with Gasteiger partial charge in [-0.25, -0.2) is 8.78 Å². The Morgan fingerprint density at radius 2 is 1.57 bits per heavy atom. The number of fused-ring (bicyclic) bond motifs is 1. The molecular weight excluding hydrogens is 474 g/mol. The highest BCUT2D eigenvalue weighted by molar-refractivity contribution is 5.97. The smallest absolute Gasteiger partial charge is 0.260 e. The minimum Gasteiger partial charge on any atom is -0.491 e. The van der Waals surface area contributed by atoms with Crippen molar-refractivity contribution in [1.29, 1.82) is 0 Å². The molecule has 1 aliphatic rings. The van der Waals surface area contributed by atoms with Crippen LogP contribution in [0.2, 0.25) is 0 Å². The van der Waals surface area contributed by atoms with E-state index < -0.39 is 29.1 Å². The van der Waals surface area contributed by atoms with Gasteiger partial charge in [-0.1, -0.05) is 48.5 Å². The molecule has 4 rings (SSSR count). The van der Waals surface area contributed by atoms with Crippen LogP contribution in [0.5, 0.6) is 5.75 Å². The third-order valence-electron chi connectivity index (χ3n) is 6.74. The predicted molar refractivity (Wildman–Crippen MR) is 139 cm³/mol. The van der Waals surface area contributed by atoms with Crippen molar-refractivity contribution in [2.45, 2.75) is 38.6 Å². The molecule has 2 amide bonds. The lowest BCUT2D eigenvalue weighted by molar-refractivity contribution is 0.0595. The predicted octanol–water partition coefficient (Wildman–Crippen LogP) is 5.74.